The van der Waals surface area contributed by atoms with Crippen LogP contribution in [0.1, 0.15) is 20.8 Å². The van der Waals surface area contributed by atoms with Crippen LogP contribution in [0.2, 0.25) is 0 Å². The highest BCUT2D eigenvalue weighted by molar-refractivity contribution is 7.82. The monoisotopic (exact) mass is 142 g/mol. The van der Waals surface area contributed by atoms with Gasteiger partial charge in [0.25, 0.3) is 0 Å². The molecule has 0 amide bonds. The zero-order valence-electron chi connectivity index (χ0n) is 6.31. The second kappa shape index (κ2) is 3.11. The molecule has 0 aliphatic carbocycles. The van der Waals surface area contributed by atoms with Crippen molar-refractivity contribution in [2.75, 3.05) is 0 Å². The Bertz CT molecular complexity index is 126. The van der Waals surface area contributed by atoms with Crippen LogP contribution in [0.25, 0.3) is 0 Å². The number of hydrogen-bond donors (Lipinski definition) is 1. The molecule has 9 heavy (non-hydrogen) atoms. The van der Waals surface area contributed by atoms with Crippen LogP contribution < -0.4 is 0 Å². The van der Waals surface area contributed by atoms with Gasteiger partial charge in [-0.25, -0.2) is 0 Å². The average molecular weight is 142 g/mol. The fourth-order valence-electron chi connectivity index (χ4n) is 0.721. The summed E-state index contributed by atoms with van der Waals surface area (Å²) in [6.07, 6.45) is 3.87. The summed E-state index contributed by atoms with van der Waals surface area (Å²) in [5, 5.41) is 0. The smallest absolute Gasteiger partial charge is 0.0318 e. The molecule has 0 fully saturated rings. The van der Waals surface area contributed by atoms with Gasteiger partial charge in [0.05, 0.1) is 0 Å². The van der Waals surface area contributed by atoms with Crippen molar-refractivity contribution in [2.45, 2.75) is 25.5 Å². The van der Waals surface area contributed by atoms with Crippen LogP contribution in [0.3, 0.4) is 0 Å². The van der Waals surface area contributed by atoms with Crippen molar-refractivity contribution in [3.05, 3.63) is 24.3 Å². The van der Waals surface area contributed by atoms with E-state index in [0.29, 0.717) is 0 Å². The molecule has 0 spiro atoms. The van der Waals surface area contributed by atoms with E-state index in [1.165, 1.54) is 5.57 Å². The van der Waals surface area contributed by atoms with Crippen LogP contribution in [0.5, 0.6) is 0 Å². The highest BCUT2D eigenvalue weighted by atomic mass is 32.1. The van der Waals surface area contributed by atoms with E-state index in [9.17, 15) is 0 Å². The Morgan fingerprint density at radius 3 is 2.00 bits per heavy atom. The Morgan fingerprint density at radius 1 is 1.56 bits per heavy atom. The number of rotatable bonds is 2. The molecule has 0 N–H and O–H groups in total. The molecule has 0 saturated heterocycles. The minimum Gasteiger partial charge on any atom is -0.168 e. The van der Waals surface area contributed by atoms with Crippen LogP contribution in [0.4, 0.5) is 0 Å². The Balaban J connectivity index is 4.32. The van der Waals surface area contributed by atoms with Gasteiger partial charge in [-0.3, -0.25) is 0 Å². The van der Waals surface area contributed by atoms with E-state index in [2.05, 4.69) is 19.2 Å². The lowest BCUT2D eigenvalue weighted by atomic mass is 10.0. The first-order valence-electron chi connectivity index (χ1n) is 3.04. The summed E-state index contributed by atoms with van der Waals surface area (Å²) in [6, 6.07) is 0. The van der Waals surface area contributed by atoms with Gasteiger partial charge in [0.1, 0.15) is 0 Å². The normalized spacial score (nSPS) is 13.6. The summed E-state index contributed by atoms with van der Waals surface area (Å²) < 4.78 is -0.0451. The van der Waals surface area contributed by atoms with Gasteiger partial charge in [0.2, 0.25) is 0 Å². The lowest BCUT2D eigenvalue weighted by Gasteiger charge is -2.18. The van der Waals surface area contributed by atoms with E-state index in [-0.39, 0.29) is 4.75 Å². The van der Waals surface area contributed by atoms with Crippen LogP contribution >= 0.6 is 12.6 Å². The molecule has 0 nitrogen and oxygen atoms in total. The fraction of sp³-hybridized carbons (Fsp3) is 0.500. The summed E-state index contributed by atoms with van der Waals surface area (Å²) in [5.41, 5.74) is 1.17. The summed E-state index contributed by atoms with van der Waals surface area (Å²) in [7, 11) is 0. The number of allylic oxidation sites excluding steroid dienone is 2. The van der Waals surface area contributed by atoms with Gasteiger partial charge < -0.3 is 0 Å². The predicted octanol–water partition coefficient (Wildman–Crippen LogP) is 2.83. The van der Waals surface area contributed by atoms with Crippen molar-refractivity contribution in [2.24, 2.45) is 0 Å². The van der Waals surface area contributed by atoms with Crippen molar-refractivity contribution in [3.8, 4) is 0 Å². The van der Waals surface area contributed by atoms with E-state index < -0.39 is 0 Å². The molecule has 52 valence electrons. The van der Waals surface area contributed by atoms with Crippen LogP contribution in [-0.4, -0.2) is 4.75 Å². The topological polar surface area (TPSA) is 0 Å². The minimum atomic E-state index is -0.0451. The van der Waals surface area contributed by atoms with E-state index in [1.54, 1.807) is 0 Å². The lowest BCUT2D eigenvalue weighted by Crippen LogP contribution is -2.11. The van der Waals surface area contributed by atoms with Gasteiger partial charge in [0.15, 0.2) is 0 Å². The molecule has 0 bridgehead atoms. The molecule has 0 rings (SSSR count). The van der Waals surface area contributed by atoms with Gasteiger partial charge in [-0.1, -0.05) is 18.7 Å². The van der Waals surface area contributed by atoms with Gasteiger partial charge in [-0.15, -0.1) is 0 Å². The third kappa shape index (κ3) is 2.75. The molecule has 0 heterocycles. The van der Waals surface area contributed by atoms with E-state index >= 15 is 0 Å². The third-order valence-corrected chi connectivity index (χ3v) is 1.50. The Kier molecular flexibility index (Phi) is 3.06. The molecular formula is C8H14S. The fourth-order valence-corrected chi connectivity index (χ4v) is 0.941. The van der Waals surface area contributed by atoms with Gasteiger partial charge in [-0.2, -0.15) is 12.6 Å². The first kappa shape index (κ1) is 8.83. The van der Waals surface area contributed by atoms with E-state index in [4.69, 9.17) is 0 Å². The number of hydrogen-bond acceptors (Lipinski definition) is 1. The molecule has 0 aromatic heterocycles. The van der Waals surface area contributed by atoms with Crippen molar-refractivity contribution < 1.29 is 0 Å². The van der Waals surface area contributed by atoms with Crippen LogP contribution in [0.15, 0.2) is 24.3 Å². The van der Waals surface area contributed by atoms with E-state index in [1.807, 2.05) is 32.9 Å². The average Bonchev–Trinajstić information content (AvgIpc) is 1.65. The van der Waals surface area contributed by atoms with Gasteiger partial charge >= 0.3 is 0 Å². The standard InChI is InChI=1S/C8H14S/c1-5-7(6-2)8(3,4)9/h5-6,9H,1H2,2-4H3/b7-6+. The molecule has 0 saturated carbocycles. The first-order chi connectivity index (χ1) is 4.02. The first-order valence-corrected chi connectivity index (χ1v) is 3.48. The summed E-state index contributed by atoms with van der Waals surface area (Å²) in [4.78, 5) is 0. The second-order valence-electron chi connectivity index (χ2n) is 2.51. The molecule has 0 atom stereocenters. The number of thiol groups is 1. The van der Waals surface area contributed by atoms with Gasteiger partial charge in [-0.05, 0) is 26.3 Å². The molecule has 0 aliphatic heterocycles. The molecule has 1 heteroatoms. The molecule has 0 aliphatic rings. The summed E-state index contributed by atoms with van der Waals surface area (Å²) in [6.45, 7) is 9.77. The third-order valence-electron chi connectivity index (χ3n) is 1.24. The highest BCUT2D eigenvalue weighted by Crippen LogP contribution is 2.23. The van der Waals surface area contributed by atoms with Crippen LogP contribution in [0, 0.1) is 0 Å². The van der Waals surface area contributed by atoms with Crippen molar-refractivity contribution in [1.82, 2.24) is 0 Å². The minimum absolute atomic E-state index is 0.0451. The zero-order chi connectivity index (χ0) is 7.49. The Morgan fingerprint density at radius 2 is 2.00 bits per heavy atom. The Labute approximate surface area is 63.1 Å². The summed E-state index contributed by atoms with van der Waals surface area (Å²) in [5.74, 6) is 0. The van der Waals surface area contributed by atoms with Gasteiger partial charge in [0, 0.05) is 4.75 Å². The molecule has 0 radical (unpaired) electrons. The van der Waals surface area contributed by atoms with Crippen molar-refractivity contribution in [3.63, 3.8) is 0 Å². The lowest BCUT2D eigenvalue weighted by molar-refractivity contribution is 0.864. The van der Waals surface area contributed by atoms with Crippen molar-refractivity contribution in [1.29, 1.82) is 0 Å². The molecule has 0 aromatic carbocycles. The molecular weight excluding hydrogens is 128 g/mol. The summed E-state index contributed by atoms with van der Waals surface area (Å²) >= 11 is 4.37. The maximum Gasteiger partial charge on any atom is 0.0318 e. The van der Waals surface area contributed by atoms with Crippen LogP contribution in [-0.2, 0) is 0 Å². The SMILES string of the molecule is C=C/C(=C\C)C(C)(C)S. The quantitative estimate of drug-likeness (QED) is 0.445. The van der Waals surface area contributed by atoms with Crippen molar-refractivity contribution >= 4 is 12.6 Å². The maximum atomic E-state index is 4.37. The molecule has 0 unspecified atom stereocenters. The zero-order valence-corrected chi connectivity index (χ0v) is 7.20. The molecule has 0 aromatic rings. The Hall–Kier alpha value is -0.170. The maximum absolute atomic E-state index is 4.37. The second-order valence-corrected chi connectivity index (χ2v) is 3.63. The highest BCUT2D eigenvalue weighted by Gasteiger charge is 2.13. The predicted molar refractivity (Wildman–Crippen MR) is 47.0 cm³/mol. The van der Waals surface area contributed by atoms with E-state index in [0.717, 1.165) is 0 Å². The largest absolute Gasteiger partial charge is 0.168 e.